The molecule has 1 N–H and O–H groups in total. The Morgan fingerprint density at radius 2 is 2.13 bits per heavy atom. The van der Waals surface area contributed by atoms with Gasteiger partial charge < -0.3 is 5.11 Å². The van der Waals surface area contributed by atoms with Crippen molar-refractivity contribution in [3.8, 4) is 0 Å². The smallest absolute Gasteiger partial charge is 0.214 e. The molecule has 15 heavy (non-hydrogen) atoms. The zero-order valence-corrected chi connectivity index (χ0v) is 9.91. The van der Waals surface area contributed by atoms with Crippen LogP contribution in [-0.2, 0) is 10.0 Å². The van der Waals surface area contributed by atoms with E-state index < -0.39 is 10.0 Å². The molecule has 2 rings (SSSR count). The molecule has 1 saturated carbocycles. The lowest BCUT2D eigenvalue weighted by atomic mass is 10.1. The van der Waals surface area contributed by atoms with Crippen molar-refractivity contribution in [3.05, 3.63) is 0 Å². The summed E-state index contributed by atoms with van der Waals surface area (Å²) in [5.41, 5.74) is 0. The molecule has 0 aromatic carbocycles. The Balaban J connectivity index is 1.95. The van der Waals surface area contributed by atoms with Gasteiger partial charge in [0.25, 0.3) is 0 Å². The molecule has 0 aromatic rings. The fraction of sp³-hybridized carbons (Fsp3) is 1.00. The Morgan fingerprint density at radius 1 is 1.40 bits per heavy atom. The fourth-order valence-electron chi connectivity index (χ4n) is 2.67. The molecule has 4 nitrogen and oxygen atoms in total. The number of rotatable bonds is 2. The maximum Gasteiger partial charge on any atom is 0.214 e. The van der Waals surface area contributed by atoms with Gasteiger partial charge in [0, 0.05) is 13.1 Å². The number of hydrogen-bond donors (Lipinski definition) is 1. The highest BCUT2D eigenvalue weighted by Gasteiger charge is 2.36. The quantitative estimate of drug-likeness (QED) is 0.752. The van der Waals surface area contributed by atoms with E-state index in [1.54, 1.807) is 4.31 Å². The predicted octanol–water partition coefficient (Wildman–Crippen LogP) is 0.429. The Labute approximate surface area is 91.3 Å². The molecule has 1 aliphatic carbocycles. The van der Waals surface area contributed by atoms with E-state index in [-0.39, 0.29) is 12.0 Å². The molecule has 2 aliphatic rings. The lowest BCUT2D eigenvalue weighted by molar-refractivity contribution is 0.175. The standard InChI is InChI=1S/C10H19NO3S/c1-8-5-11(15(13,14)7-8)6-9-2-3-10(12)4-9/h8-10,12H,2-7H2,1H3. The van der Waals surface area contributed by atoms with E-state index in [1.807, 2.05) is 6.92 Å². The molecule has 2 fully saturated rings. The van der Waals surface area contributed by atoms with Crippen LogP contribution in [0.15, 0.2) is 0 Å². The van der Waals surface area contributed by atoms with Crippen LogP contribution >= 0.6 is 0 Å². The van der Waals surface area contributed by atoms with Crippen molar-refractivity contribution in [1.82, 2.24) is 4.31 Å². The van der Waals surface area contributed by atoms with Crippen molar-refractivity contribution in [1.29, 1.82) is 0 Å². The summed E-state index contributed by atoms with van der Waals surface area (Å²) in [6.07, 6.45) is 2.34. The summed E-state index contributed by atoms with van der Waals surface area (Å²) in [6.45, 7) is 3.25. The lowest BCUT2D eigenvalue weighted by Crippen LogP contribution is -2.30. The van der Waals surface area contributed by atoms with Crippen LogP contribution in [0, 0.1) is 11.8 Å². The summed E-state index contributed by atoms with van der Waals surface area (Å²) in [6, 6.07) is 0. The number of aliphatic hydroxyl groups is 1. The molecule has 5 heteroatoms. The van der Waals surface area contributed by atoms with Gasteiger partial charge in [-0.1, -0.05) is 6.92 Å². The Hall–Kier alpha value is -0.130. The third-order valence-corrected chi connectivity index (χ3v) is 5.45. The van der Waals surface area contributed by atoms with Crippen LogP contribution in [0.4, 0.5) is 0 Å². The van der Waals surface area contributed by atoms with Crippen molar-refractivity contribution < 1.29 is 13.5 Å². The molecular weight excluding hydrogens is 214 g/mol. The molecule has 3 unspecified atom stereocenters. The summed E-state index contributed by atoms with van der Waals surface area (Å²) in [4.78, 5) is 0. The van der Waals surface area contributed by atoms with Crippen LogP contribution in [0.25, 0.3) is 0 Å². The first-order valence-electron chi connectivity index (χ1n) is 5.63. The summed E-state index contributed by atoms with van der Waals surface area (Å²) in [7, 11) is -2.99. The van der Waals surface area contributed by atoms with Gasteiger partial charge in [0.1, 0.15) is 0 Å². The molecular formula is C10H19NO3S. The molecule has 0 spiro atoms. The van der Waals surface area contributed by atoms with Gasteiger partial charge in [-0.3, -0.25) is 0 Å². The largest absolute Gasteiger partial charge is 0.393 e. The zero-order valence-electron chi connectivity index (χ0n) is 9.09. The molecule has 1 saturated heterocycles. The molecule has 1 aliphatic heterocycles. The summed E-state index contributed by atoms with van der Waals surface area (Å²) in [5.74, 6) is 0.906. The van der Waals surface area contributed by atoms with Crippen LogP contribution < -0.4 is 0 Å². The third-order valence-electron chi connectivity index (χ3n) is 3.38. The summed E-state index contributed by atoms with van der Waals surface area (Å²) < 4.78 is 25.0. The molecule has 0 aromatic heterocycles. The van der Waals surface area contributed by atoms with Crippen LogP contribution in [0.3, 0.4) is 0 Å². The molecule has 0 bridgehead atoms. The highest BCUT2D eigenvalue weighted by atomic mass is 32.2. The molecule has 0 amide bonds. The number of nitrogens with zero attached hydrogens (tertiary/aromatic N) is 1. The minimum Gasteiger partial charge on any atom is -0.393 e. The van der Waals surface area contributed by atoms with Crippen molar-refractivity contribution in [3.63, 3.8) is 0 Å². The minimum atomic E-state index is -2.99. The van der Waals surface area contributed by atoms with Crippen molar-refractivity contribution >= 4 is 10.0 Å². The molecule has 0 radical (unpaired) electrons. The van der Waals surface area contributed by atoms with Gasteiger partial charge in [0.15, 0.2) is 0 Å². The molecule has 88 valence electrons. The second kappa shape index (κ2) is 4.03. The summed E-state index contributed by atoms with van der Waals surface area (Å²) in [5, 5.41) is 9.39. The predicted molar refractivity (Wildman–Crippen MR) is 57.9 cm³/mol. The average molecular weight is 233 g/mol. The SMILES string of the molecule is CC1CN(CC2CCC(O)C2)S(=O)(=O)C1. The average Bonchev–Trinajstić information content (AvgIpc) is 2.58. The zero-order chi connectivity index (χ0) is 11.1. The van der Waals surface area contributed by atoms with Crippen molar-refractivity contribution in [2.24, 2.45) is 11.8 Å². The third kappa shape index (κ3) is 2.52. The number of hydrogen-bond acceptors (Lipinski definition) is 3. The van der Waals surface area contributed by atoms with Gasteiger partial charge >= 0.3 is 0 Å². The number of sulfonamides is 1. The van der Waals surface area contributed by atoms with Gasteiger partial charge in [0.2, 0.25) is 10.0 Å². The van der Waals surface area contributed by atoms with E-state index in [0.717, 1.165) is 19.3 Å². The second-order valence-corrected chi connectivity index (χ2v) is 7.05. The van der Waals surface area contributed by atoms with E-state index in [1.165, 1.54) is 0 Å². The topological polar surface area (TPSA) is 57.6 Å². The van der Waals surface area contributed by atoms with Gasteiger partial charge in [-0.15, -0.1) is 0 Å². The van der Waals surface area contributed by atoms with Gasteiger partial charge in [0.05, 0.1) is 11.9 Å². The number of aliphatic hydroxyl groups excluding tert-OH is 1. The van der Waals surface area contributed by atoms with E-state index in [9.17, 15) is 13.5 Å². The fourth-order valence-corrected chi connectivity index (χ4v) is 4.62. The first-order valence-corrected chi connectivity index (χ1v) is 7.24. The molecule has 3 atom stereocenters. The van der Waals surface area contributed by atoms with Crippen LogP contribution in [0.5, 0.6) is 0 Å². The highest BCUT2D eigenvalue weighted by molar-refractivity contribution is 7.89. The first-order chi connectivity index (χ1) is 6.97. The first kappa shape index (κ1) is 11.4. The van der Waals surface area contributed by atoms with Crippen LogP contribution in [0.1, 0.15) is 26.2 Å². The van der Waals surface area contributed by atoms with E-state index in [0.29, 0.717) is 24.8 Å². The van der Waals surface area contributed by atoms with Gasteiger partial charge in [-0.25, -0.2) is 12.7 Å². The van der Waals surface area contributed by atoms with Crippen LogP contribution in [-0.4, -0.2) is 42.8 Å². The minimum absolute atomic E-state index is 0.210. The highest BCUT2D eigenvalue weighted by Crippen LogP contribution is 2.29. The van der Waals surface area contributed by atoms with Crippen molar-refractivity contribution in [2.75, 3.05) is 18.8 Å². The Morgan fingerprint density at radius 3 is 2.60 bits per heavy atom. The van der Waals surface area contributed by atoms with E-state index in [4.69, 9.17) is 0 Å². The van der Waals surface area contributed by atoms with E-state index >= 15 is 0 Å². The summed E-state index contributed by atoms with van der Waals surface area (Å²) >= 11 is 0. The van der Waals surface area contributed by atoms with Crippen molar-refractivity contribution in [2.45, 2.75) is 32.3 Å². The normalized spacial score (nSPS) is 41.1. The Bertz CT molecular complexity index is 328. The monoisotopic (exact) mass is 233 g/mol. The van der Waals surface area contributed by atoms with Gasteiger partial charge in [-0.2, -0.15) is 0 Å². The maximum atomic E-state index is 11.7. The van der Waals surface area contributed by atoms with E-state index in [2.05, 4.69) is 0 Å². The van der Waals surface area contributed by atoms with Gasteiger partial charge in [-0.05, 0) is 31.1 Å². The Kier molecular flexibility index (Phi) is 3.05. The second-order valence-electron chi connectivity index (χ2n) is 5.03. The molecule has 1 heterocycles. The lowest BCUT2D eigenvalue weighted by Gasteiger charge is -2.18. The van der Waals surface area contributed by atoms with Crippen LogP contribution in [0.2, 0.25) is 0 Å². The maximum absolute atomic E-state index is 11.7.